The Morgan fingerprint density at radius 1 is 0.917 bits per heavy atom. The predicted molar refractivity (Wildman–Crippen MR) is 92.5 cm³/mol. The number of carboxylic acids is 2. The average molecular weight is 374 g/mol. The number of carboxylic acid groups (broad SMARTS) is 2. The number of anilines is 2. The summed E-state index contributed by atoms with van der Waals surface area (Å²) in [5.41, 5.74) is 4.61. The van der Waals surface area contributed by atoms with Gasteiger partial charge in [-0.2, -0.15) is 0 Å². The van der Waals surface area contributed by atoms with E-state index < -0.39 is 11.9 Å². The number of nitrogens with one attached hydrogen (secondary N) is 2. The van der Waals surface area contributed by atoms with Crippen LogP contribution in [0.1, 0.15) is 44.8 Å². The first-order valence-electron chi connectivity index (χ1n) is 6.77. The Hall–Kier alpha value is -2.28. The molecule has 0 saturated carbocycles. The first-order valence-corrected chi connectivity index (χ1v) is 8.40. The monoisotopic (exact) mass is 374 g/mol. The van der Waals surface area contributed by atoms with E-state index in [1.807, 2.05) is 13.8 Å². The van der Waals surface area contributed by atoms with Crippen molar-refractivity contribution >= 4 is 44.6 Å². The molecule has 0 radical (unpaired) electrons. The lowest BCUT2D eigenvalue weighted by atomic mass is 10.4. The second-order valence-electron chi connectivity index (χ2n) is 4.18. The molecule has 0 aliphatic carbocycles. The Labute approximate surface area is 145 Å². The molecule has 8 N–H and O–H groups in total. The van der Waals surface area contributed by atoms with Crippen LogP contribution in [0.2, 0.25) is 0 Å². The van der Waals surface area contributed by atoms with Crippen LogP contribution in [0.15, 0.2) is 0 Å². The van der Waals surface area contributed by atoms with E-state index >= 15 is 0 Å². The number of nitrogens with two attached hydrogens (primary N) is 2. The maximum atomic E-state index is 10.6. The van der Waals surface area contributed by atoms with Gasteiger partial charge in [-0.15, -0.1) is 0 Å². The van der Waals surface area contributed by atoms with Gasteiger partial charge in [0.2, 0.25) is 0 Å². The number of rotatable bonds is 6. The molecule has 0 aromatic carbocycles. The molecular formula is C12H18N6O4S2. The van der Waals surface area contributed by atoms with Crippen molar-refractivity contribution in [1.29, 1.82) is 0 Å². The summed E-state index contributed by atoms with van der Waals surface area (Å²) in [7, 11) is 0. The molecule has 0 atom stereocenters. The molecule has 2 aromatic rings. The van der Waals surface area contributed by atoms with Gasteiger partial charge in [0.25, 0.3) is 0 Å². The lowest BCUT2D eigenvalue weighted by Crippen LogP contribution is -2.09. The molecule has 0 spiro atoms. The first-order chi connectivity index (χ1) is 11.4. The normalized spacial score (nSPS) is 9.83. The van der Waals surface area contributed by atoms with Crippen molar-refractivity contribution in [3.8, 4) is 0 Å². The summed E-state index contributed by atoms with van der Waals surface area (Å²) in [6.45, 7) is 3.82. The topological polar surface area (TPSA) is 176 Å². The zero-order valence-corrected chi connectivity index (χ0v) is 14.6. The Morgan fingerprint density at radius 2 is 1.25 bits per heavy atom. The van der Waals surface area contributed by atoms with Gasteiger partial charge in [0, 0.05) is 0 Å². The van der Waals surface area contributed by atoms with Crippen LogP contribution in [0.25, 0.3) is 0 Å². The summed E-state index contributed by atoms with van der Waals surface area (Å²) < 4.78 is 0. The third kappa shape index (κ3) is 4.86. The van der Waals surface area contributed by atoms with Crippen LogP contribution >= 0.6 is 22.7 Å². The van der Waals surface area contributed by atoms with E-state index in [1.54, 1.807) is 0 Å². The van der Waals surface area contributed by atoms with Crippen LogP contribution in [-0.2, 0) is 12.8 Å². The van der Waals surface area contributed by atoms with E-state index in [0.29, 0.717) is 22.8 Å². The Kier molecular flexibility index (Phi) is 7.51. The molecule has 2 heterocycles. The number of aryl methyl sites for hydroxylation is 2. The molecule has 0 aliphatic heterocycles. The highest BCUT2D eigenvalue weighted by Gasteiger charge is 2.16. The van der Waals surface area contributed by atoms with E-state index in [2.05, 4.69) is 20.8 Å². The van der Waals surface area contributed by atoms with E-state index in [4.69, 9.17) is 21.9 Å². The number of hydrogen-bond donors (Lipinski definition) is 6. The molecule has 0 bridgehead atoms. The Bertz CT molecular complexity index is 654. The maximum Gasteiger partial charge on any atom is 0.357 e. The smallest absolute Gasteiger partial charge is 0.357 e. The summed E-state index contributed by atoms with van der Waals surface area (Å²) in [4.78, 5) is 28.9. The Morgan fingerprint density at radius 3 is 1.42 bits per heavy atom. The highest BCUT2D eigenvalue weighted by atomic mass is 32.1. The molecule has 132 valence electrons. The van der Waals surface area contributed by atoms with Crippen molar-refractivity contribution in [2.24, 2.45) is 11.7 Å². The molecule has 24 heavy (non-hydrogen) atoms. The van der Waals surface area contributed by atoms with Crippen molar-refractivity contribution in [3.05, 3.63) is 21.4 Å². The maximum absolute atomic E-state index is 10.6. The molecule has 0 amide bonds. The van der Waals surface area contributed by atoms with Gasteiger partial charge in [0.05, 0.1) is 10.0 Å². The van der Waals surface area contributed by atoms with Crippen molar-refractivity contribution in [2.75, 3.05) is 10.9 Å². The summed E-state index contributed by atoms with van der Waals surface area (Å²) >= 11 is 2.52. The number of hydrazine groups is 2. The predicted octanol–water partition coefficient (Wildman–Crippen LogP) is 1.38. The van der Waals surface area contributed by atoms with Crippen molar-refractivity contribution in [3.63, 3.8) is 0 Å². The second-order valence-corrected chi connectivity index (χ2v) is 6.34. The van der Waals surface area contributed by atoms with E-state index in [-0.39, 0.29) is 11.4 Å². The van der Waals surface area contributed by atoms with Gasteiger partial charge in [-0.25, -0.2) is 31.2 Å². The van der Waals surface area contributed by atoms with Crippen LogP contribution < -0.4 is 22.5 Å². The van der Waals surface area contributed by atoms with E-state index in [1.165, 1.54) is 22.7 Å². The minimum Gasteiger partial charge on any atom is -0.476 e. The number of nitrogen functional groups attached to an aromatic ring is 2. The van der Waals surface area contributed by atoms with Gasteiger partial charge in [-0.05, 0) is 12.8 Å². The Balaban J connectivity index is 0.000000240. The van der Waals surface area contributed by atoms with Crippen LogP contribution in [0, 0.1) is 0 Å². The van der Waals surface area contributed by atoms with Gasteiger partial charge in [0.15, 0.2) is 11.4 Å². The average Bonchev–Trinajstić information content (AvgIpc) is 3.18. The van der Waals surface area contributed by atoms with Crippen LogP contribution in [0.4, 0.5) is 10.0 Å². The minimum atomic E-state index is -1.06. The van der Waals surface area contributed by atoms with Crippen LogP contribution in [0.5, 0.6) is 0 Å². The molecule has 0 unspecified atom stereocenters. The van der Waals surface area contributed by atoms with Gasteiger partial charge < -0.3 is 21.1 Å². The van der Waals surface area contributed by atoms with Gasteiger partial charge >= 0.3 is 11.9 Å². The minimum absolute atomic E-state index is 0.000602. The molecule has 2 rings (SSSR count). The number of nitrogens with zero attached hydrogens (tertiary/aromatic N) is 2. The largest absolute Gasteiger partial charge is 0.476 e. The highest BCUT2D eigenvalue weighted by molar-refractivity contribution is 7.16. The van der Waals surface area contributed by atoms with Crippen LogP contribution in [-0.4, -0.2) is 32.1 Å². The van der Waals surface area contributed by atoms with E-state index in [9.17, 15) is 9.59 Å². The number of aromatic nitrogens is 2. The van der Waals surface area contributed by atoms with Gasteiger partial charge in [-0.3, -0.25) is 0 Å². The zero-order valence-electron chi connectivity index (χ0n) is 13.0. The number of aromatic carboxylic acids is 2. The molecule has 0 saturated heterocycles. The quantitative estimate of drug-likeness (QED) is 0.320. The molecule has 0 fully saturated rings. The summed E-state index contributed by atoms with van der Waals surface area (Å²) in [6, 6.07) is 0. The SMILES string of the molecule is CCc1nc(C(=O)O)c(NN)s1.CCc1nc(C(=O)O)c(NN)s1. The molecule has 12 heteroatoms. The van der Waals surface area contributed by atoms with Crippen molar-refractivity contribution in [1.82, 2.24) is 9.97 Å². The fourth-order valence-corrected chi connectivity index (χ4v) is 3.13. The second kappa shape index (κ2) is 9.12. The van der Waals surface area contributed by atoms with Gasteiger partial charge in [-0.1, -0.05) is 36.5 Å². The molecule has 10 nitrogen and oxygen atoms in total. The number of carbonyl (C=O) groups is 2. The summed E-state index contributed by atoms with van der Waals surface area (Å²) in [5.74, 6) is 8.11. The first kappa shape index (κ1) is 19.8. The van der Waals surface area contributed by atoms with E-state index in [0.717, 1.165) is 10.0 Å². The fourth-order valence-electron chi connectivity index (χ4n) is 1.52. The summed E-state index contributed by atoms with van der Waals surface area (Å²) in [5, 5.41) is 19.6. The van der Waals surface area contributed by atoms with Gasteiger partial charge in [0.1, 0.15) is 10.0 Å². The molecule has 2 aromatic heterocycles. The molecular weight excluding hydrogens is 356 g/mol. The van der Waals surface area contributed by atoms with Crippen molar-refractivity contribution < 1.29 is 19.8 Å². The summed E-state index contributed by atoms with van der Waals surface area (Å²) in [6.07, 6.45) is 1.43. The lowest BCUT2D eigenvalue weighted by Gasteiger charge is -1.92. The van der Waals surface area contributed by atoms with Crippen LogP contribution in [0.3, 0.4) is 0 Å². The number of hydrogen-bond acceptors (Lipinski definition) is 10. The zero-order chi connectivity index (χ0) is 18.3. The number of thiazole rings is 2. The molecule has 0 aliphatic rings. The lowest BCUT2D eigenvalue weighted by molar-refractivity contribution is 0.0681. The van der Waals surface area contributed by atoms with Crippen molar-refractivity contribution in [2.45, 2.75) is 26.7 Å². The third-order valence-electron chi connectivity index (χ3n) is 2.62. The fraction of sp³-hybridized carbons (Fsp3) is 0.333. The third-order valence-corrected chi connectivity index (χ3v) is 4.88. The standard InChI is InChI=1S/2C6H9N3O2S/c2*1-2-3-8-4(6(10)11)5(9-7)12-3/h2*9H,2,7H2,1H3,(H,10,11). The highest BCUT2D eigenvalue weighted by Crippen LogP contribution is 2.24.